The zero-order chi connectivity index (χ0) is 23.9. The Morgan fingerprint density at radius 1 is 1.15 bits per heavy atom. The van der Waals surface area contributed by atoms with E-state index in [9.17, 15) is 9.90 Å². The van der Waals surface area contributed by atoms with E-state index in [4.69, 9.17) is 0 Å². The highest BCUT2D eigenvalue weighted by molar-refractivity contribution is 5.92. The van der Waals surface area contributed by atoms with E-state index in [1.807, 2.05) is 24.3 Å². The molecule has 7 nitrogen and oxygen atoms in total. The summed E-state index contributed by atoms with van der Waals surface area (Å²) in [5, 5.41) is 26.3. The summed E-state index contributed by atoms with van der Waals surface area (Å²) in [5.74, 6) is 0.867. The maximum atomic E-state index is 11.8. The zero-order valence-corrected chi connectivity index (χ0v) is 20.3. The standard InChI is InChI=1S/C27H35N5O2/c1-26-13-4-14-27(2,31-26)17-20(16-26)32(3)24-11-10-22(29-30-24)21-9-5-18(15-23(21)33)6-12-25(34)28-19-7-8-19/h5-6,9-12,15,19-20,31,33H,4,7-8,13-14,16-17H2,1-3H3,(H,28,34)/b12-6+/t20?,26-,27+. The summed E-state index contributed by atoms with van der Waals surface area (Å²) in [4.78, 5) is 14.1. The molecule has 180 valence electrons. The number of anilines is 1. The second-order valence-electron chi connectivity index (χ2n) is 10.9. The molecule has 3 aliphatic rings. The molecular weight excluding hydrogens is 426 g/mol. The third-order valence-corrected chi connectivity index (χ3v) is 7.64. The SMILES string of the molecule is CN(c1ccc(-c2ccc(/C=C/C(=O)NC3CC3)cc2O)nn1)C1C[C@]2(C)CCC[C@](C)(C1)N2. The number of aromatic hydroxyl groups is 1. The predicted molar refractivity (Wildman–Crippen MR) is 135 cm³/mol. The Hall–Kier alpha value is -2.93. The van der Waals surface area contributed by atoms with Gasteiger partial charge in [0.15, 0.2) is 5.82 Å². The van der Waals surface area contributed by atoms with Gasteiger partial charge in [0.05, 0.1) is 5.69 Å². The average Bonchev–Trinajstić information content (AvgIpc) is 3.60. The van der Waals surface area contributed by atoms with Crippen LogP contribution in [-0.2, 0) is 4.79 Å². The van der Waals surface area contributed by atoms with Gasteiger partial charge in [-0.3, -0.25) is 4.79 Å². The quantitative estimate of drug-likeness (QED) is 0.563. The van der Waals surface area contributed by atoms with Crippen molar-refractivity contribution < 1.29 is 9.90 Å². The molecule has 3 atom stereocenters. The molecule has 34 heavy (non-hydrogen) atoms. The van der Waals surface area contributed by atoms with Gasteiger partial charge in [-0.15, -0.1) is 10.2 Å². The summed E-state index contributed by atoms with van der Waals surface area (Å²) >= 11 is 0. The van der Waals surface area contributed by atoms with Crippen molar-refractivity contribution in [3.63, 3.8) is 0 Å². The van der Waals surface area contributed by atoms with Gasteiger partial charge in [-0.25, -0.2) is 0 Å². The van der Waals surface area contributed by atoms with Crippen LogP contribution in [0.1, 0.15) is 64.4 Å². The Labute approximate surface area is 201 Å². The molecule has 2 aliphatic heterocycles. The van der Waals surface area contributed by atoms with Crippen molar-refractivity contribution in [2.75, 3.05) is 11.9 Å². The monoisotopic (exact) mass is 461 g/mol. The molecule has 1 saturated carbocycles. The topological polar surface area (TPSA) is 90.4 Å². The molecule has 0 spiro atoms. The summed E-state index contributed by atoms with van der Waals surface area (Å²) in [6, 6.07) is 9.97. The normalized spacial score (nSPS) is 28.6. The molecule has 1 aromatic heterocycles. The molecule has 1 unspecified atom stereocenters. The van der Waals surface area contributed by atoms with Crippen LogP contribution in [0.15, 0.2) is 36.4 Å². The van der Waals surface area contributed by atoms with Crippen LogP contribution >= 0.6 is 0 Å². The number of carbonyl (C=O) groups excluding carboxylic acids is 1. The minimum atomic E-state index is -0.1000. The second-order valence-corrected chi connectivity index (χ2v) is 10.9. The Bertz CT molecular complexity index is 1080. The summed E-state index contributed by atoms with van der Waals surface area (Å²) in [6.45, 7) is 4.70. The highest BCUT2D eigenvalue weighted by Gasteiger charge is 2.46. The Morgan fingerprint density at radius 3 is 2.50 bits per heavy atom. The van der Waals surface area contributed by atoms with E-state index in [1.54, 1.807) is 12.1 Å². The summed E-state index contributed by atoms with van der Waals surface area (Å²) in [6.07, 6.45) is 11.2. The second kappa shape index (κ2) is 8.69. The van der Waals surface area contributed by atoms with E-state index in [-0.39, 0.29) is 22.7 Å². The lowest BCUT2D eigenvalue weighted by Gasteiger charge is -2.55. The number of amides is 1. The van der Waals surface area contributed by atoms with Crippen LogP contribution in [0.25, 0.3) is 17.3 Å². The maximum Gasteiger partial charge on any atom is 0.244 e. The molecular formula is C27H35N5O2. The molecule has 3 fully saturated rings. The van der Waals surface area contributed by atoms with Crippen LogP contribution < -0.4 is 15.5 Å². The molecule has 3 heterocycles. The van der Waals surface area contributed by atoms with E-state index in [0.717, 1.165) is 37.1 Å². The lowest BCUT2D eigenvalue weighted by Crippen LogP contribution is -2.66. The van der Waals surface area contributed by atoms with Gasteiger partial charge in [-0.1, -0.05) is 6.07 Å². The van der Waals surface area contributed by atoms with Crippen LogP contribution in [0.3, 0.4) is 0 Å². The largest absolute Gasteiger partial charge is 0.507 e. The minimum absolute atomic E-state index is 0.1000. The molecule has 1 aromatic carbocycles. The fourth-order valence-electron chi connectivity index (χ4n) is 5.78. The van der Waals surface area contributed by atoms with Gasteiger partial charge in [0.25, 0.3) is 0 Å². The van der Waals surface area contributed by atoms with Crippen molar-refractivity contribution >= 4 is 17.8 Å². The molecule has 2 aromatic rings. The lowest BCUT2D eigenvalue weighted by atomic mass is 9.69. The van der Waals surface area contributed by atoms with Crippen LogP contribution in [0.4, 0.5) is 5.82 Å². The van der Waals surface area contributed by atoms with E-state index in [1.165, 1.54) is 25.3 Å². The predicted octanol–water partition coefficient (Wildman–Crippen LogP) is 4.03. The van der Waals surface area contributed by atoms with Crippen molar-refractivity contribution in [2.45, 2.75) is 82.0 Å². The van der Waals surface area contributed by atoms with E-state index < -0.39 is 0 Å². The average molecular weight is 462 g/mol. The van der Waals surface area contributed by atoms with Gasteiger partial charge in [0.2, 0.25) is 5.91 Å². The zero-order valence-electron chi connectivity index (χ0n) is 20.3. The molecule has 2 saturated heterocycles. The number of nitrogens with one attached hydrogen (secondary N) is 2. The first-order valence-electron chi connectivity index (χ1n) is 12.4. The number of piperidine rings is 2. The third kappa shape index (κ3) is 4.94. The number of hydrogen-bond acceptors (Lipinski definition) is 6. The number of aromatic nitrogens is 2. The number of rotatable bonds is 6. The fourth-order valence-corrected chi connectivity index (χ4v) is 5.78. The summed E-state index contributed by atoms with van der Waals surface area (Å²) in [7, 11) is 2.11. The Balaban J connectivity index is 1.27. The van der Waals surface area contributed by atoms with E-state index >= 15 is 0 Å². The number of carbonyl (C=O) groups is 1. The first-order valence-corrected chi connectivity index (χ1v) is 12.4. The number of benzene rings is 1. The van der Waals surface area contributed by atoms with Crippen molar-refractivity contribution in [2.24, 2.45) is 0 Å². The third-order valence-electron chi connectivity index (χ3n) is 7.64. The molecule has 2 bridgehead atoms. The minimum Gasteiger partial charge on any atom is -0.507 e. The fraction of sp³-hybridized carbons (Fsp3) is 0.519. The van der Waals surface area contributed by atoms with Crippen molar-refractivity contribution in [1.82, 2.24) is 20.8 Å². The first-order chi connectivity index (χ1) is 16.2. The molecule has 5 rings (SSSR count). The molecule has 0 radical (unpaired) electrons. The number of phenols is 1. The molecule has 3 N–H and O–H groups in total. The summed E-state index contributed by atoms with van der Waals surface area (Å²) < 4.78 is 0. The van der Waals surface area contributed by atoms with Gasteiger partial charge in [0, 0.05) is 41.8 Å². The molecule has 1 aliphatic carbocycles. The number of hydrogen-bond donors (Lipinski definition) is 3. The van der Waals surface area contributed by atoms with Crippen molar-refractivity contribution in [3.05, 3.63) is 42.0 Å². The smallest absolute Gasteiger partial charge is 0.244 e. The van der Waals surface area contributed by atoms with Gasteiger partial charge < -0.3 is 20.6 Å². The van der Waals surface area contributed by atoms with Gasteiger partial charge in [-0.05, 0) is 94.7 Å². The van der Waals surface area contributed by atoms with Crippen molar-refractivity contribution in [3.8, 4) is 17.0 Å². The van der Waals surface area contributed by atoms with Crippen LogP contribution in [0.2, 0.25) is 0 Å². The van der Waals surface area contributed by atoms with Crippen molar-refractivity contribution in [1.29, 1.82) is 0 Å². The lowest BCUT2D eigenvalue weighted by molar-refractivity contribution is -0.116. The van der Waals surface area contributed by atoms with E-state index in [0.29, 0.717) is 23.3 Å². The van der Waals surface area contributed by atoms with Gasteiger partial charge in [0.1, 0.15) is 5.75 Å². The molecule has 7 heteroatoms. The van der Waals surface area contributed by atoms with Crippen LogP contribution in [0.5, 0.6) is 5.75 Å². The molecule has 1 amide bonds. The maximum absolute atomic E-state index is 11.8. The Morgan fingerprint density at radius 2 is 1.88 bits per heavy atom. The van der Waals surface area contributed by atoms with Gasteiger partial charge in [-0.2, -0.15) is 0 Å². The highest BCUT2D eigenvalue weighted by atomic mass is 16.3. The Kier molecular flexibility index (Phi) is 5.84. The number of nitrogens with zero attached hydrogens (tertiary/aromatic N) is 3. The van der Waals surface area contributed by atoms with Crippen LogP contribution in [-0.4, -0.2) is 51.4 Å². The first kappa shape index (κ1) is 22.8. The highest BCUT2D eigenvalue weighted by Crippen LogP contribution is 2.42. The summed E-state index contributed by atoms with van der Waals surface area (Å²) in [5.41, 5.74) is 2.36. The number of phenolic OH excluding ortho intramolecular Hbond substituents is 1. The van der Waals surface area contributed by atoms with Gasteiger partial charge >= 0.3 is 0 Å². The number of fused-ring (bicyclic) bond motifs is 2. The van der Waals surface area contributed by atoms with E-state index in [2.05, 4.69) is 46.6 Å². The van der Waals surface area contributed by atoms with Crippen LogP contribution in [0, 0.1) is 0 Å².